The van der Waals surface area contributed by atoms with Crippen LogP contribution in [0.25, 0.3) is 0 Å². The summed E-state index contributed by atoms with van der Waals surface area (Å²) in [4.78, 5) is 7.76. The second-order valence-electron chi connectivity index (χ2n) is 3.11. The third kappa shape index (κ3) is 3.06. The molecule has 0 saturated heterocycles. The van der Waals surface area contributed by atoms with Gasteiger partial charge in [0.05, 0.1) is 4.47 Å². The highest BCUT2D eigenvalue weighted by Gasteiger charge is 2.07. The molecule has 1 aromatic heterocycles. The van der Waals surface area contributed by atoms with Crippen molar-refractivity contribution < 1.29 is 4.39 Å². The molecule has 7 heteroatoms. The third-order valence-corrected chi connectivity index (χ3v) is 3.36. The Morgan fingerprint density at radius 1 is 1.18 bits per heavy atom. The van der Waals surface area contributed by atoms with Gasteiger partial charge in [-0.25, -0.2) is 14.4 Å². The van der Waals surface area contributed by atoms with Gasteiger partial charge in [-0.3, -0.25) is 0 Å². The number of halogens is 4. The average Bonchev–Trinajstić information content (AvgIpc) is 2.23. The number of nitrogens with one attached hydrogen (secondary N) is 1. The first-order valence-corrected chi connectivity index (χ1v) is 6.00. The van der Waals surface area contributed by atoms with E-state index in [9.17, 15) is 4.39 Å². The van der Waals surface area contributed by atoms with Crippen LogP contribution >= 0.6 is 39.1 Å². The zero-order valence-corrected chi connectivity index (χ0v) is 11.3. The van der Waals surface area contributed by atoms with E-state index in [2.05, 4.69) is 31.2 Å². The van der Waals surface area contributed by atoms with E-state index >= 15 is 0 Å². The molecule has 0 fully saturated rings. The van der Waals surface area contributed by atoms with E-state index in [-0.39, 0.29) is 5.15 Å². The lowest BCUT2D eigenvalue weighted by atomic mass is 10.3. The van der Waals surface area contributed by atoms with Gasteiger partial charge in [0.2, 0.25) is 0 Å². The quantitative estimate of drug-likeness (QED) is 0.824. The Morgan fingerprint density at radius 2 is 1.94 bits per heavy atom. The van der Waals surface area contributed by atoms with Gasteiger partial charge in [-0.15, -0.1) is 0 Å². The summed E-state index contributed by atoms with van der Waals surface area (Å²) in [6.45, 7) is 0. The Hall–Kier alpha value is -0.910. The Kier molecular flexibility index (Phi) is 3.81. The van der Waals surface area contributed by atoms with Crippen molar-refractivity contribution in [3.05, 3.63) is 45.0 Å². The number of anilines is 2. The lowest BCUT2D eigenvalue weighted by Gasteiger charge is -2.08. The first kappa shape index (κ1) is 12.5. The highest BCUT2D eigenvalue weighted by molar-refractivity contribution is 9.10. The number of hydrogen-bond donors (Lipinski definition) is 1. The van der Waals surface area contributed by atoms with Crippen LogP contribution in [0.5, 0.6) is 0 Å². The van der Waals surface area contributed by atoms with Crippen LogP contribution in [-0.4, -0.2) is 9.97 Å². The summed E-state index contributed by atoms with van der Waals surface area (Å²) in [6, 6.07) is 4.09. The lowest BCUT2D eigenvalue weighted by Crippen LogP contribution is -1.96. The molecule has 17 heavy (non-hydrogen) atoms. The molecular weight excluding hydrogens is 332 g/mol. The van der Waals surface area contributed by atoms with E-state index in [0.29, 0.717) is 21.0 Å². The Balaban J connectivity index is 2.34. The molecule has 3 nitrogen and oxygen atoms in total. The Bertz CT molecular complexity index is 545. The molecule has 0 atom stereocenters. The molecule has 0 aliphatic carbocycles. The first-order valence-electron chi connectivity index (χ1n) is 4.45. The summed E-state index contributed by atoms with van der Waals surface area (Å²) >= 11 is 14.8. The summed E-state index contributed by atoms with van der Waals surface area (Å²) < 4.78 is 13.6. The minimum atomic E-state index is -0.434. The SMILES string of the molecule is Fc1cc(Cl)cc(Nc2ncnc(Cl)c2Br)c1. The van der Waals surface area contributed by atoms with Gasteiger partial charge in [0.1, 0.15) is 23.1 Å². The zero-order valence-electron chi connectivity index (χ0n) is 8.22. The maximum Gasteiger partial charge on any atom is 0.149 e. The predicted molar refractivity (Wildman–Crippen MR) is 69.4 cm³/mol. The topological polar surface area (TPSA) is 37.8 Å². The number of rotatable bonds is 2. The van der Waals surface area contributed by atoms with Crippen LogP contribution in [0.4, 0.5) is 15.9 Å². The minimum Gasteiger partial charge on any atom is -0.339 e. The van der Waals surface area contributed by atoms with E-state index in [1.807, 2.05) is 0 Å². The number of hydrogen-bond acceptors (Lipinski definition) is 3. The molecule has 88 valence electrons. The summed E-state index contributed by atoms with van der Waals surface area (Å²) in [6.07, 6.45) is 1.30. The van der Waals surface area contributed by atoms with Crippen molar-refractivity contribution in [1.29, 1.82) is 0 Å². The fraction of sp³-hybridized carbons (Fsp3) is 0. The second-order valence-corrected chi connectivity index (χ2v) is 4.70. The van der Waals surface area contributed by atoms with Crippen molar-refractivity contribution in [3.8, 4) is 0 Å². The van der Waals surface area contributed by atoms with Gasteiger partial charge in [-0.05, 0) is 34.1 Å². The molecule has 2 aromatic rings. The first-order chi connectivity index (χ1) is 8.06. The molecule has 0 spiro atoms. The summed E-state index contributed by atoms with van der Waals surface area (Å²) in [7, 11) is 0. The van der Waals surface area contributed by atoms with Gasteiger partial charge < -0.3 is 5.32 Å². The van der Waals surface area contributed by atoms with Crippen LogP contribution < -0.4 is 5.32 Å². The van der Waals surface area contributed by atoms with Crippen LogP contribution in [0.1, 0.15) is 0 Å². The van der Waals surface area contributed by atoms with Gasteiger partial charge in [-0.2, -0.15) is 0 Å². The van der Waals surface area contributed by atoms with E-state index in [0.717, 1.165) is 0 Å². The fourth-order valence-electron chi connectivity index (χ4n) is 1.20. The maximum absolute atomic E-state index is 13.1. The van der Waals surface area contributed by atoms with Gasteiger partial charge in [0.25, 0.3) is 0 Å². The third-order valence-electron chi connectivity index (χ3n) is 1.87. The monoisotopic (exact) mass is 335 g/mol. The number of benzene rings is 1. The molecular formula is C10H5BrCl2FN3. The molecule has 1 aromatic carbocycles. The van der Waals surface area contributed by atoms with Crippen molar-refractivity contribution in [2.45, 2.75) is 0 Å². The molecule has 0 saturated carbocycles. The van der Waals surface area contributed by atoms with E-state index in [1.54, 1.807) is 6.07 Å². The maximum atomic E-state index is 13.1. The van der Waals surface area contributed by atoms with Crippen LogP contribution in [0.2, 0.25) is 10.2 Å². The second kappa shape index (κ2) is 5.16. The summed E-state index contributed by atoms with van der Waals surface area (Å²) in [5.41, 5.74) is 0.477. The minimum absolute atomic E-state index is 0.269. The predicted octanol–water partition coefficient (Wildman–Crippen LogP) is 4.43. The fourth-order valence-corrected chi connectivity index (χ4v) is 1.86. The van der Waals surface area contributed by atoms with Crippen molar-refractivity contribution in [2.75, 3.05) is 5.32 Å². The van der Waals surface area contributed by atoms with Crippen LogP contribution in [0.3, 0.4) is 0 Å². The highest BCUT2D eigenvalue weighted by atomic mass is 79.9. The molecule has 0 unspecified atom stereocenters. The van der Waals surface area contributed by atoms with E-state index < -0.39 is 5.82 Å². The molecule has 0 aliphatic heterocycles. The molecule has 0 bridgehead atoms. The summed E-state index contributed by atoms with van der Waals surface area (Å²) in [5, 5.41) is 3.45. The number of aromatic nitrogens is 2. The largest absolute Gasteiger partial charge is 0.339 e. The molecule has 0 amide bonds. The van der Waals surface area contributed by atoms with Gasteiger partial charge >= 0.3 is 0 Å². The van der Waals surface area contributed by atoms with Crippen LogP contribution in [-0.2, 0) is 0 Å². The van der Waals surface area contributed by atoms with Crippen molar-refractivity contribution in [2.24, 2.45) is 0 Å². The standard InChI is InChI=1S/C10H5BrCl2FN3/c11-8-9(13)15-4-16-10(8)17-7-2-5(12)1-6(14)3-7/h1-4H,(H,15,16,17). The highest BCUT2D eigenvalue weighted by Crippen LogP contribution is 2.29. The average molecular weight is 337 g/mol. The van der Waals surface area contributed by atoms with Gasteiger partial charge in [0, 0.05) is 10.7 Å². The van der Waals surface area contributed by atoms with E-state index in [4.69, 9.17) is 23.2 Å². The summed E-state index contributed by atoms with van der Waals surface area (Å²) in [5.74, 6) is 0.00272. The zero-order chi connectivity index (χ0) is 12.4. The van der Waals surface area contributed by atoms with Gasteiger partial charge in [-0.1, -0.05) is 23.2 Å². The van der Waals surface area contributed by atoms with Crippen LogP contribution in [0, 0.1) is 5.82 Å². The molecule has 2 rings (SSSR count). The molecule has 1 N–H and O–H groups in total. The van der Waals surface area contributed by atoms with Gasteiger partial charge in [0.15, 0.2) is 0 Å². The van der Waals surface area contributed by atoms with Crippen LogP contribution in [0.15, 0.2) is 29.0 Å². The Morgan fingerprint density at radius 3 is 2.65 bits per heavy atom. The lowest BCUT2D eigenvalue weighted by molar-refractivity contribution is 0.628. The van der Waals surface area contributed by atoms with Crippen molar-refractivity contribution in [1.82, 2.24) is 9.97 Å². The van der Waals surface area contributed by atoms with Crippen molar-refractivity contribution >= 4 is 50.6 Å². The molecule has 0 aliphatic rings. The smallest absolute Gasteiger partial charge is 0.149 e. The normalized spacial score (nSPS) is 10.4. The molecule has 0 radical (unpaired) electrons. The Labute approximate surface area is 115 Å². The van der Waals surface area contributed by atoms with Crippen molar-refractivity contribution in [3.63, 3.8) is 0 Å². The van der Waals surface area contributed by atoms with E-state index in [1.165, 1.54) is 18.5 Å². The number of nitrogens with zero attached hydrogens (tertiary/aromatic N) is 2. The molecule has 1 heterocycles.